The Morgan fingerprint density at radius 3 is 2.86 bits per heavy atom. The van der Waals surface area contributed by atoms with Crippen LogP contribution in [-0.2, 0) is 16.0 Å². The third-order valence-electron chi connectivity index (χ3n) is 5.05. The van der Waals surface area contributed by atoms with Crippen molar-refractivity contribution >= 4 is 11.9 Å². The van der Waals surface area contributed by atoms with E-state index in [9.17, 15) is 14.7 Å². The van der Waals surface area contributed by atoms with Crippen molar-refractivity contribution in [2.45, 2.75) is 63.5 Å². The SMILES string of the molecule is COc1cccc(C[C@H](O)C=C[C@H]2CCC(=O)N2CCCCCCC(=O)O)c1. The molecule has 1 heterocycles. The Kier molecular flexibility index (Phi) is 9.01. The van der Waals surface area contributed by atoms with Crippen LogP contribution in [0.25, 0.3) is 0 Å². The number of carbonyl (C=O) groups is 2. The predicted octanol–water partition coefficient (Wildman–Crippen LogP) is 3.18. The summed E-state index contributed by atoms with van der Waals surface area (Å²) in [6.07, 6.45) is 8.49. The van der Waals surface area contributed by atoms with Crippen molar-refractivity contribution in [2.24, 2.45) is 0 Å². The van der Waals surface area contributed by atoms with Gasteiger partial charge in [-0.05, 0) is 37.0 Å². The van der Waals surface area contributed by atoms with Crippen molar-refractivity contribution < 1.29 is 24.5 Å². The lowest BCUT2D eigenvalue weighted by Gasteiger charge is -2.22. The van der Waals surface area contributed by atoms with Crippen molar-refractivity contribution in [2.75, 3.05) is 13.7 Å². The van der Waals surface area contributed by atoms with Gasteiger partial charge in [0, 0.05) is 25.8 Å². The Bertz CT molecular complexity index is 673. The van der Waals surface area contributed by atoms with Gasteiger partial charge in [0.1, 0.15) is 5.75 Å². The van der Waals surface area contributed by atoms with Crippen molar-refractivity contribution in [1.82, 2.24) is 4.90 Å². The van der Waals surface area contributed by atoms with Crippen molar-refractivity contribution in [3.63, 3.8) is 0 Å². The highest BCUT2D eigenvalue weighted by Crippen LogP contribution is 2.21. The molecule has 1 aliphatic heterocycles. The van der Waals surface area contributed by atoms with Crippen LogP contribution in [0.2, 0.25) is 0 Å². The first-order chi connectivity index (χ1) is 13.5. The molecule has 1 aromatic rings. The number of aliphatic hydroxyl groups excluding tert-OH is 1. The molecule has 1 aromatic carbocycles. The largest absolute Gasteiger partial charge is 0.497 e. The maximum Gasteiger partial charge on any atom is 0.303 e. The molecule has 0 saturated carbocycles. The van der Waals surface area contributed by atoms with E-state index in [1.54, 1.807) is 13.2 Å². The lowest BCUT2D eigenvalue weighted by Crippen LogP contribution is -2.32. The van der Waals surface area contributed by atoms with E-state index in [1.807, 2.05) is 35.2 Å². The number of aliphatic hydroxyl groups is 1. The number of hydrogen-bond donors (Lipinski definition) is 2. The van der Waals surface area contributed by atoms with Gasteiger partial charge in [-0.3, -0.25) is 9.59 Å². The molecule has 0 spiro atoms. The van der Waals surface area contributed by atoms with Crippen LogP contribution in [-0.4, -0.2) is 52.8 Å². The van der Waals surface area contributed by atoms with Gasteiger partial charge >= 0.3 is 5.97 Å². The molecule has 0 bridgehead atoms. The van der Waals surface area contributed by atoms with E-state index >= 15 is 0 Å². The topological polar surface area (TPSA) is 87.1 Å². The maximum atomic E-state index is 12.1. The third kappa shape index (κ3) is 7.35. The van der Waals surface area contributed by atoms with Gasteiger partial charge in [-0.15, -0.1) is 0 Å². The van der Waals surface area contributed by atoms with Gasteiger partial charge in [-0.25, -0.2) is 0 Å². The fourth-order valence-corrected chi connectivity index (χ4v) is 3.52. The average Bonchev–Trinajstić information content (AvgIpc) is 3.02. The van der Waals surface area contributed by atoms with Gasteiger partial charge in [-0.2, -0.15) is 0 Å². The Morgan fingerprint density at radius 2 is 2.11 bits per heavy atom. The quantitative estimate of drug-likeness (QED) is 0.423. The van der Waals surface area contributed by atoms with Crippen LogP contribution in [0.3, 0.4) is 0 Å². The predicted molar refractivity (Wildman–Crippen MR) is 107 cm³/mol. The second-order valence-electron chi connectivity index (χ2n) is 7.26. The zero-order chi connectivity index (χ0) is 20.4. The zero-order valence-electron chi connectivity index (χ0n) is 16.5. The number of nitrogens with zero attached hydrogens (tertiary/aromatic N) is 1. The number of carboxylic acids is 1. The molecule has 0 unspecified atom stereocenters. The number of hydrogen-bond acceptors (Lipinski definition) is 4. The summed E-state index contributed by atoms with van der Waals surface area (Å²) in [5.74, 6) is 0.166. The number of likely N-dealkylation sites (tertiary alicyclic amines) is 1. The van der Waals surface area contributed by atoms with Crippen molar-refractivity contribution in [3.8, 4) is 5.75 Å². The number of carbonyl (C=O) groups excluding carboxylic acids is 1. The van der Waals surface area contributed by atoms with E-state index in [0.29, 0.717) is 25.8 Å². The Balaban J connectivity index is 1.78. The average molecular weight is 389 g/mol. The molecule has 1 saturated heterocycles. The monoisotopic (exact) mass is 389 g/mol. The fraction of sp³-hybridized carbons (Fsp3) is 0.545. The lowest BCUT2D eigenvalue weighted by molar-refractivity contribution is -0.137. The molecule has 0 aromatic heterocycles. The number of ether oxygens (including phenoxy) is 1. The molecule has 2 N–H and O–H groups in total. The molecule has 1 aliphatic rings. The first-order valence-corrected chi connectivity index (χ1v) is 10.00. The molecule has 0 radical (unpaired) electrons. The molecule has 1 fully saturated rings. The first kappa shape index (κ1) is 22.0. The minimum Gasteiger partial charge on any atom is -0.497 e. The second kappa shape index (κ2) is 11.5. The Hall–Kier alpha value is -2.34. The van der Waals surface area contributed by atoms with E-state index in [0.717, 1.165) is 37.0 Å². The van der Waals surface area contributed by atoms with E-state index in [4.69, 9.17) is 9.84 Å². The van der Waals surface area contributed by atoms with Crippen LogP contribution in [0, 0.1) is 0 Å². The summed E-state index contributed by atoms with van der Waals surface area (Å²) in [5.41, 5.74) is 0.997. The number of rotatable bonds is 12. The molecule has 154 valence electrons. The van der Waals surface area contributed by atoms with Gasteiger partial charge in [0.15, 0.2) is 0 Å². The number of benzene rings is 1. The second-order valence-corrected chi connectivity index (χ2v) is 7.26. The molecular weight excluding hydrogens is 358 g/mol. The van der Waals surface area contributed by atoms with Gasteiger partial charge < -0.3 is 19.8 Å². The number of carboxylic acid groups (broad SMARTS) is 1. The summed E-state index contributed by atoms with van der Waals surface area (Å²) in [6.45, 7) is 0.687. The summed E-state index contributed by atoms with van der Waals surface area (Å²) >= 11 is 0. The summed E-state index contributed by atoms with van der Waals surface area (Å²) in [7, 11) is 1.62. The number of methoxy groups -OCH3 is 1. The van der Waals surface area contributed by atoms with Crippen LogP contribution in [0.15, 0.2) is 36.4 Å². The van der Waals surface area contributed by atoms with Gasteiger partial charge in [0.25, 0.3) is 0 Å². The van der Waals surface area contributed by atoms with Gasteiger partial charge in [0.05, 0.1) is 19.3 Å². The number of unbranched alkanes of at least 4 members (excludes halogenated alkanes) is 3. The van der Waals surface area contributed by atoms with E-state index in [1.165, 1.54) is 0 Å². The van der Waals surface area contributed by atoms with E-state index in [-0.39, 0.29) is 18.4 Å². The Morgan fingerprint density at radius 1 is 1.32 bits per heavy atom. The fourth-order valence-electron chi connectivity index (χ4n) is 3.52. The van der Waals surface area contributed by atoms with Crippen molar-refractivity contribution in [1.29, 1.82) is 0 Å². The summed E-state index contributed by atoms with van der Waals surface area (Å²) in [6, 6.07) is 7.67. The Labute approximate surface area is 166 Å². The van der Waals surface area contributed by atoms with Crippen LogP contribution in [0.4, 0.5) is 0 Å². The van der Waals surface area contributed by atoms with Crippen LogP contribution in [0.5, 0.6) is 5.75 Å². The number of aliphatic carboxylic acids is 1. The summed E-state index contributed by atoms with van der Waals surface area (Å²) < 4.78 is 5.20. The van der Waals surface area contributed by atoms with E-state index < -0.39 is 12.1 Å². The maximum absolute atomic E-state index is 12.1. The molecule has 2 atom stereocenters. The normalized spacial score (nSPS) is 18.0. The molecule has 28 heavy (non-hydrogen) atoms. The van der Waals surface area contributed by atoms with Crippen LogP contribution < -0.4 is 4.74 Å². The van der Waals surface area contributed by atoms with Crippen LogP contribution >= 0.6 is 0 Å². The van der Waals surface area contributed by atoms with Crippen molar-refractivity contribution in [3.05, 3.63) is 42.0 Å². The highest BCUT2D eigenvalue weighted by atomic mass is 16.5. The van der Waals surface area contributed by atoms with Crippen LogP contribution in [0.1, 0.15) is 50.5 Å². The molecule has 0 aliphatic carbocycles. The molecule has 6 heteroatoms. The zero-order valence-corrected chi connectivity index (χ0v) is 16.5. The molecule has 2 rings (SSSR count). The van der Waals surface area contributed by atoms with Gasteiger partial charge in [0.2, 0.25) is 5.91 Å². The minimum atomic E-state index is -0.757. The highest BCUT2D eigenvalue weighted by molar-refractivity contribution is 5.79. The smallest absolute Gasteiger partial charge is 0.303 e. The molecule has 6 nitrogen and oxygen atoms in total. The highest BCUT2D eigenvalue weighted by Gasteiger charge is 2.28. The summed E-state index contributed by atoms with van der Waals surface area (Å²) in [5, 5.41) is 19.0. The first-order valence-electron chi connectivity index (χ1n) is 10.00. The third-order valence-corrected chi connectivity index (χ3v) is 5.05. The standard InChI is InChI=1S/C22H31NO5/c1-28-20-8-6-7-17(16-20)15-19(24)12-10-18-11-13-21(25)23(18)14-5-3-2-4-9-22(26)27/h6-8,10,12,16,18-19,24H,2-5,9,11,13-15H2,1H3,(H,26,27)/t18-,19+/m0/s1. The molecular formula is C22H31NO5. The minimum absolute atomic E-state index is 0.0338. The van der Waals surface area contributed by atoms with E-state index in [2.05, 4.69) is 0 Å². The molecule has 1 amide bonds. The lowest BCUT2D eigenvalue weighted by atomic mass is 10.1. The van der Waals surface area contributed by atoms with Gasteiger partial charge in [-0.1, -0.05) is 37.1 Å². The summed E-state index contributed by atoms with van der Waals surface area (Å²) in [4.78, 5) is 24.5. The number of amides is 1.